The highest BCUT2D eigenvalue weighted by atomic mass is 16.6. The fraction of sp³-hybridized carbons (Fsp3) is 0.250. The van der Waals surface area contributed by atoms with Gasteiger partial charge >= 0.3 is 0 Å². The lowest BCUT2D eigenvalue weighted by atomic mass is 10.1. The van der Waals surface area contributed by atoms with Crippen LogP contribution in [0.15, 0.2) is 18.2 Å². The van der Waals surface area contributed by atoms with Crippen LogP contribution >= 0.6 is 0 Å². The Morgan fingerprint density at radius 3 is 2.83 bits per heavy atom. The number of hydrogen-bond acceptors (Lipinski definition) is 4. The molecule has 2 N–H and O–H groups in total. The SMILES string of the molecule is C#CC1CC(=O)N(c2c(N)cccc2[N+](=O)[O-])C1. The molecule has 1 aliphatic heterocycles. The monoisotopic (exact) mass is 245 g/mol. The van der Waals surface area contributed by atoms with Gasteiger partial charge in [-0.3, -0.25) is 14.9 Å². The van der Waals surface area contributed by atoms with Crippen molar-refractivity contribution < 1.29 is 9.72 Å². The maximum absolute atomic E-state index is 11.8. The van der Waals surface area contributed by atoms with Gasteiger partial charge in [0.15, 0.2) is 0 Å². The van der Waals surface area contributed by atoms with Gasteiger partial charge in [0.2, 0.25) is 5.91 Å². The summed E-state index contributed by atoms with van der Waals surface area (Å²) in [7, 11) is 0. The zero-order valence-electron chi connectivity index (χ0n) is 9.50. The van der Waals surface area contributed by atoms with Crippen molar-refractivity contribution in [2.75, 3.05) is 17.2 Å². The predicted molar refractivity (Wildman–Crippen MR) is 66.8 cm³/mol. The Kier molecular flexibility index (Phi) is 2.90. The molecule has 2 rings (SSSR count). The maximum atomic E-state index is 11.8. The molecule has 1 aromatic carbocycles. The van der Waals surface area contributed by atoms with E-state index in [1.807, 2.05) is 0 Å². The van der Waals surface area contributed by atoms with Crippen LogP contribution < -0.4 is 10.6 Å². The number of benzene rings is 1. The average molecular weight is 245 g/mol. The van der Waals surface area contributed by atoms with Crippen LogP contribution in [0.3, 0.4) is 0 Å². The third-order valence-corrected chi connectivity index (χ3v) is 2.87. The van der Waals surface area contributed by atoms with E-state index in [1.165, 1.54) is 23.1 Å². The van der Waals surface area contributed by atoms with E-state index in [2.05, 4.69) is 5.92 Å². The van der Waals surface area contributed by atoms with E-state index in [4.69, 9.17) is 12.2 Å². The van der Waals surface area contributed by atoms with E-state index in [0.29, 0.717) is 0 Å². The lowest BCUT2D eigenvalue weighted by Gasteiger charge is -2.17. The second kappa shape index (κ2) is 4.37. The number of nitro groups is 1. The summed E-state index contributed by atoms with van der Waals surface area (Å²) in [6.45, 7) is 0.268. The average Bonchev–Trinajstić information content (AvgIpc) is 2.70. The molecule has 0 radical (unpaired) electrons. The summed E-state index contributed by atoms with van der Waals surface area (Å²) < 4.78 is 0. The van der Waals surface area contributed by atoms with Crippen molar-refractivity contribution in [1.29, 1.82) is 0 Å². The molecule has 1 atom stereocenters. The number of carbonyl (C=O) groups excluding carboxylic acids is 1. The van der Waals surface area contributed by atoms with Gasteiger partial charge in [-0.25, -0.2) is 0 Å². The fourth-order valence-corrected chi connectivity index (χ4v) is 2.03. The number of hydrogen-bond donors (Lipinski definition) is 1. The molecule has 1 saturated heterocycles. The molecule has 1 aromatic rings. The first-order chi connectivity index (χ1) is 8.54. The summed E-state index contributed by atoms with van der Waals surface area (Å²) >= 11 is 0. The molecule has 0 aromatic heterocycles. The van der Waals surface area contributed by atoms with Crippen LogP contribution in [0.5, 0.6) is 0 Å². The number of rotatable bonds is 2. The zero-order chi connectivity index (χ0) is 13.3. The summed E-state index contributed by atoms with van der Waals surface area (Å²) in [6.07, 6.45) is 5.47. The fourth-order valence-electron chi connectivity index (χ4n) is 2.03. The molecule has 1 heterocycles. The number of nitrogens with two attached hydrogens (primary N) is 1. The molecule has 6 nitrogen and oxygen atoms in total. The summed E-state index contributed by atoms with van der Waals surface area (Å²) in [5, 5.41) is 11.0. The van der Waals surface area contributed by atoms with Crippen molar-refractivity contribution >= 4 is 23.0 Å². The largest absolute Gasteiger partial charge is 0.397 e. The number of amides is 1. The van der Waals surface area contributed by atoms with E-state index < -0.39 is 4.92 Å². The van der Waals surface area contributed by atoms with E-state index in [9.17, 15) is 14.9 Å². The van der Waals surface area contributed by atoms with Gasteiger partial charge < -0.3 is 10.6 Å². The Labute approximate surface area is 104 Å². The van der Waals surface area contributed by atoms with Crippen LogP contribution in [0, 0.1) is 28.4 Å². The number of anilines is 2. The van der Waals surface area contributed by atoms with Crippen LogP contribution in [0.2, 0.25) is 0 Å². The molecular weight excluding hydrogens is 234 g/mol. The van der Waals surface area contributed by atoms with Crippen LogP contribution in [-0.4, -0.2) is 17.4 Å². The number of nitro benzene ring substituents is 1. The first-order valence-corrected chi connectivity index (χ1v) is 5.34. The quantitative estimate of drug-likeness (QED) is 0.366. The summed E-state index contributed by atoms with van der Waals surface area (Å²) in [5.41, 5.74) is 5.91. The van der Waals surface area contributed by atoms with Gasteiger partial charge in [-0.2, -0.15) is 0 Å². The lowest BCUT2D eigenvalue weighted by molar-refractivity contribution is -0.384. The molecule has 0 aliphatic carbocycles. The Bertz CT molecular complexity index is 562. The topological polar surface area (TPSA) is 89.5 Å². The zero-order valence-corrected chi connectivity index (χ0v) is 9.50. The van der Waals surface area contributed by atoms with Crippen LogP contribution in [0.1, 0.15) is 6.42 Å². The molecule has 1 unspecified atom stereocenters. The normalized spacial score (nSPS) is 18.7. The van der Waals surface area contributed by atoms with Gasteiger partial charge in [0.05, 0.1) is 10.6 Å². The first-order valence-electron chi connectivity index (χ1n) is 5.34. The highest BCUT2D eigenvalue weighted by Crippen LogP contribution is 2.37. The van der Waals surface area contributed by atoms with Crippen molar-refractivity contribution in [3.8, 4) is 12.3 Å². The van der Waals surface area contributed by atoms with Gasteiger partial charge in [-0.1, -0.05) is 6.07 Å². The van der Waals surface area contributed by atoms with Gasteiger partial charge in [0.25, 0.3) is 5.69 Å². The minimum absolute atomic E-state index is 0.144. The smallest absolute Gasteiger partial charge is 0.295 e. The summed E-state index contributed by atoms with van der Waals surface area (Å²) in [6, 6.07) is 4.33. The number of terminal acetylenes is 1. The van der Waals surface area contributed by atoms with E-state index >= 15 is 0 Å². The van der Waals surface area contributed by atoms with Gasteiger partial charge in [0.1, 0.15) is 5.69 Å². The van der Waals surface area contributed by atoms with E-state index in [0.717, 1.165) is 0 Å². The first kappa shape index (κ1) is 11.9. The number of para-hydroxylation sites is 1. The minimum Gasteiger partial charge on any atom is -0.397 e. The molecule has 1 aliphatic rings. The van der Waals surface area contributed by atoms with Gasteiger partial charge in [-0.15, -0.1) is 12.3 Å². The van der Waals surface area contributed by atoms with Gasteiger partial charge in [-0.05, 0) is 6.07 Å². The lowest BCUT2D eigenvalue weighted by Crippen LogP contribution is -2.26. The second-order valence-corrected chi connectivity index (χ2v) is 4.04. The molecule has 18 heavy (non-hydrogen) atoms. The Morgan fingerprint density at radius 1 is 1.56 bits per heavy atom. The second-order valence-electron chi connectivity index (χ2n) is 4.04. The van der Waals surface area contributed by atoms with Crippen LogP contribution in [-0.2, 0) is 4.79 Å². The molecule has 0 spiro atoms. The standard InChI is InChI=1S/C12H11N3O3/c1-2-8-6-11(16)14(7-8)12-9(13)4-3-5-10(12)15(17)18/h1,3-5,8H,6-7,13H2. The van der Waals surface area contributed by atoms with E-state index in [-0.39, 0.29) is 41.9 Å². The maximum Gasteiger partial charge on any atom is 0.295 e. The van der Waals surface area contributed by atoms with Crippen molar-refractivity contribution in [1.82, 2.24) is 0 Å². The Morgan fingerprint density at radius 2 is 2.28 bits per heavy atom. The Hall–Kier alpha value is -2.55. The number of carbonyl (C=O) groups is 1. The predicted octanol–water partition coefficient (Wildman–Crippen LogP) is 1.16. The molecular formula is C12H11N3O3. The molecule has 1 amide bonds. The van der Waals surface area contributed by atoms with Crippen LogP contribution in [0.4, 0.5) is 17.1 Å². The third-order valence-electron chi connectivity index (χ3n) is 2.87. The Balaban J connectivity index is 2.49. The van der Waals surface area contributed by atoms with E-state index in [1.54, 1.807) is 0 Å². The highest BCUT2D eigenvalue weighted by molar-refractivity contribution is 6.01. The molecule has 92 valence electrons. The minimum atomic E-state index is -0.553. The summed E-state index contributed by atoms with van der Waals surface area (Å²) in [5.74, 6) is 2.03. The summed E-state index contributed by atoms with van der Waals surface area (Å²) in [4.78, 5) is 23.5. The molecule has 0 bridgehead atoms. The van der Waals surface area contributed by atoms with Crippen molar-refractivity contribution in [3.63, 3.8) is 0 Å². The van der Waals surface area contributed by atoms with Crippen molar-refractivity contribution in [2.24, 2.45) is 5.92 Å². The molecule has 0 saturated carbocycles. The van der Waals surface area contributed by atoms with Crippen molar-refractivity contribution in [2.45, 2.75) is 6.42 Å². The van der Waals surface area contributed by atoms with Crippen LogP contribution in [0.25, 0.3) is 0 Å². The number of nitrogen functional groups attached to an aromatic ring is 1. The molecule has 6 heteroatoms. The number of nitrogens with zero attached hydrogens (tertiary/aromatic N) is 2. The highest BCUT2D eigenvalue weighted by Gasteiger charge is 2.34. The molecule has 1 fully saturated rings. The van der Waals surface area contributed by atoms with Crippen molar-refractivity contribution in [3.05, 3.63) is 28.3 Å². The third kappa shape index (κ3) is 1.86. The van der Waals surface area contributed by atoms with Gasteiger partial charge in [0, 0.05) is 24.9 Å².